The summed E-state index contributed by atoms with van der Waals surface area (Å²) in [5.41, 5.74) is 5.96. The number of allylic oxidation sites excluding steroid dienone is 2. The van der Waals surface area contributed by atoms with Crippen molar-refractivity contribution in [1.29, 1.82) is 0 Å². The zero-order chi connectivity index (χ0) is 21.1. The van der Waals surface area contributed by atoms with Gasteiger partial charge in [-0.1, -0.05) is 78.4 Å². The molecular formula is C28H28F2. The van der Waals surface area contributed by atoms with Crippen LogP contribution in [0.15, 0.2) is 72.8 Å². The number of rotatable bonds is 5. The number of aryl methyl sites for hydroxylation is 4. The molecule has 0 radical (unpaired) electrons. The van der Waals surface area contributed by atoms with Gasteiger partial charge in [0.2, 0.25) is 0 Å². The first-order valence-electron chi connectivity index (χ1n) is 10.8. The highest BCUT2D eigenvalue weighted by Gasteiger charge is 2.18. The van der Waals surface area contributed by atoms with Gasteiger partial charge in [-0.2, -0.15) is 0 Å². The molecular weight excluding hydrogens is 374 g/mol. The Morgan fingerprint density at radius 1 is 0.667 bits per heavy atom. The summed E-state index contributed by atoms with van der Waals surface area (Å²) >= 11 is 0. The van der Waals surface area contributed by atoms with E-state index < -0.39 is 11.6 Å². The van der Waals surface area contributed by atoms with E-state index in [0.717, 1.165) is 18.4 Å². The first kappa shape index (κ1) is 20.5. The molecule has 0 nitrogen and oxygen atoms in total. The highest BCUT2D eigenvalue weighted by Crippen LogP contribution is 2.35. The average molecular weight is 403 g/mol. The molecule has 0 aromatic heterocycles. The third-order valence-corrected chi connectivity index (χ3v) is 6.32. The highest BCUT2D eigenvalue weighted by atomic mass is 19.2. The van der Waals surface area contributed by atoms with Gasteiger partial charge in [0.05, 0.1) is 0 Å². The molecule has 0 heterocycles. The van der Waals surface area contributed by atoms with Gasteiger partial charge in [-0.25, -0.2) is 8.78 Å². The van der Waals surface area contributed by atoms with Gasteiger partial charge in [-0.3, -0.25) is 0 Å². The largest absolute Gasteiger partial charge is 0.203 e. The SMILES string of the molecule is Cc1ccc(C2C=CC(c3ccc(CCc4ccc(C)c(F)c4F)cc3)CC2)cc1. The minimum absolute atomic E-state index is 0.353. The first-order valence-corrected chi connectivity index (χ1v) is 10.8. The summed E-state index contributed by atoms with van der Waals surface area (Å²) in [6.45, 7) is 3.71. The second-order valence-corrected chi connectivity index (χ2v) is 8.50. The fraction of sp³-hybridized carbons (Fsp3) is 0.286. The molecule has 30 heavy (non-hydrogen) atoms. The van der Waals surface area contributed by atoms with E-state index in [0.29, 0.717) is 35.8 Å². The van der Waals surface area contributed by atoms with Crippen LogP contribution in [0, 0.1) is 25.5 Å². The Hall–Kier alpha value is -2.74. The average Bonchev–Trinajstić information content (AvgIpc) is 2.78. The second-order valence-electron chi connectivity index (χ2n) is 8.50. The molecule has 0 amide bonds. The summed E-state index contributed by atoms with van der Waals surface area (Å²) in [7, 11) is 0. The number of halogens is 2. The molecule has 2 atom stereocenters. The van der Waals surface area contributed by atoms with Gasteiger partial charge in [0, 0.05) is 11.8 Å². The van der Waals surface area contributed by atoms with Gasteiger partial charge >= 0.3 is 0 Å². The van der Waals surface area contributed by atoms with Crippen LogP contribution >= 0.6 is 0 Å². The van der Waals surface area contributed by atoms with E-state index in [-0.39, 0.29) is 0 Å². The molecule has 0 saturated carbocycles. The van der Waals surface area contributed by atoms with Gasteiger partial charge in [-0.15, -0.1) is 0 Å². The van der Waals surface area contributed by atoms with Crippen molar-refractivity contribution in [2.45, 2.75) is 51.4 Å². The van der Waals surface area contributed by atoms with E-state index in [9.17, 15) is 8.78 Å². The molecule has 2 unspecified atom stereocenters. The normalized spacial score (nSPS) is 18.5. The molecule has 0 saturated heterocycles. The molecule has 1 aliphatic rings. The molecule has 0 N–H and O–H groups in total. The van der Waals surface area contributed by atoms with Crippen LogP contribution in [-0.4, -0.2) is 0 Å². The van der Waals surface area contributed by atoms with Crippen molar-refractivity contribution in [2.24, 2.45) is 0 Å². The fourth-order valence-corrected chi connectivity index (χ4v) is 4.28. The van der Waals surface area contributed by atoms with Crippen LogP contribution < -0.4 is 0 Å². The predicted molar refractivity (Wildman–Crippen MR) is 120 cm³/mol. The van der Waals surface area contributed by atoms with E-state index >= 15 is 0 Å². The standard InChI is InChI=1S/C28H28F2/c1-19-3-9-22(10-4-19)24-15-17-25(18-16-24)23-12-6-21(7-13-23)8-14-26-11-5-20(2)27(29)28(26)30/h3-7,9-13,15,17,24-25H,8,14,16,18H2,1-2H3. The Labute approximate surface area is 178 Å². The molecule has 0 spiro atoms. The van der Waals surface area contributed by atoms with E-state index in [1.807, 2.05) is 0 Å². The molecule has 3 aromatic carbocycles. The maximum absolute atomic E-state index is 14.1. The zero-order valence-corrected chi connectivity index (χ0v) is 17.7. The molecule has 2 heteroatoms. The minimum Gasteiger partial charge on any atom is -0.203 e. The van der Waals surface area contributed by atoms with Gasteiger partial charge in [0.15, 0.2) is 11.6 Å². The zero-order valence-electron chi connectivity index (χ0n) is 17.7. The van der Waals surface area contributed by atoms with Gasteiger partial charge in [0.1, 0.15) is 0 Å². The topological polar surface area (TPSA) is 0 Å². The van der Waals surface area contributed by atoms with E-state index in [1.165, 1.54) is 16.7 Å². The molecule has 4 rings (SSSR count). The summed E-state index contributed by atoms with van der Waals surface area (Å²) in [4.78, 5) is 0. The summed E-state index contributed by atoms with van der Waals surface area (Å²) < 4.78 is 27.8. The Balaban J connectivity index is 1.37. The van der Waals surface area contributed by atoms with Crippen molar-refractivity contribution in [3.8, 4) is 0 Å². The molecule has 0 bridgehead atoms. The molecule has 1 aliphatic carbocycles. The van der Waals surface area contributed by atoms with Crippen molar-refractivity contribution >= 4 is 0 Å². The Morgan fingerprint density at radius 2 is 1.23 bits per heavy atom. The monoisotopic (exact) mass is 402 g/mol. The third kappa shape index (κ3) is 4.53. The van der Waals surface area contributed by atoms with Crippen molar-refractivity contribution in [3.63, 3.8) is 0 Å². The van der Waals surface area contributed by atoms with Crippen molar-refractivity contribution < 1.29 is 8.78 Å². The second kappa shape index (κ2) is 8.95. The van der Waals surface area contributed by atoms with E-state index in [1.54, 1.807) is 19.1 Å². The third-order valence-electron chi connectivity index (χ3n) is 6.32. The molecule has 0 fully saturated rings. The Morgan fingerprint density at radius 3 is 1.80 bits per heavy atom. The Kier molecular flexibility index (Phi) is 6.13. The van der Waals surface area contributed by atoms with Crippen LogP contribution in [0.25, 0.3) is 0 Å². The lowest BCUT2D eigenvalue weighted by Gasteiger charge is -2.24. The smallest absolute Gasteiger partial charge is 0.162 e. The summed E-state index contributed by atoms with van der Waals surface area (Å²) in [6, 6.07) is 20.8. The highest BCUT2D eigenvalue weighted by molar-refractivity contribution is 5.34. The Bertz CT molecular complexity index is 1030. The number of benzene rings is 3. The summed E-state index contributed by atoms with van der Waals surface area (Å²) in [5.74, 6) is -0.478. The van der Waals surface area contributed by atoms with Gasteiger partial charge < -0.3 is 0 Å². The van der Waals surface area contributed by atoms with Crippen LogP contribution in [0.5, 0.6) is 0 Å². The van der Waals surface area contributed by atoms with Crippen LogP contribution in [0.4, 0.5) is 8.78 Å². The lowest BCUT2D eigenvalue weighted by atomic mass is 9.81. The molecule has 0 aliphatic heterocycles. The summed E-state index contributed by atoms with van der Waals surface area (Å²) in [6.07, 6.45) is 8.20. The minimum atomic E-state index is -0.726. The van der Waals surface area contributed by atoms with E-state index in [2.05, 4.69) is 67.6 Å². The maximum Gasteiger partial charge on any atom is 0.162 e. The van der Waals surface area contributed by atoms with Crippen LogP contribution in [0.1, 0.15) is 58.1 Å². The molecule has 154 valence electrons. The van der Waals surface area contributed by atoms with Gasteiger partial charge in [-0.05, 0) is 67.3 Å². The van der Waals surface area contributed by atoms with E-state index in [4.69, 9.17) is 0 Å². The fourth-order valence-electron chi connectivity index (χ4n) is 4.28. The summed E-state index contributed by atoms with van der Waals surface area (Å²) in [5, 5.41) is 0. The lowest BCUT2D eigenvalue weighted by molar-refractivity contribution is 0.493. The van der Waals surface area contributed by atoms with Crippen molar-refractivity contribution in [2.75, 3.05) is 0 Å². The maximum atomic E-state index is 14.1. The molecule has 3 aromatic rings. The lowest BCUT2D eigenvalue weighted by Crippen LogP contribution is -2.07. The van der Waals surface area contributed by atoms with Crippen molar-refractivity contribution in [1.82, 2.24) is 0 Å². The number of hydrogen-bond donors (Lipinski definition) is 0. The first-order chi connectivity index (χ1) is 14.5. The van der Waals surface area contributed by atoms with Crippen molar-refractivity contribution in [3.05, 3.63) is 118 Å². The number of hydrogen-bond acceptors (Lipinski definition) is 0. The van der Waals surface area contributed by atoms with Crippen LogP contribution in [0.3, 0.4) is 0 Å². The van der Waals surface area contributed by atoms with Gasteiger partial charge in [0.25, 0.3) is 0 Å². The van der Waals surface area contributed by atoms with Crippen LogP contribution in [0.2, 0.25) is 0 Å². The predicted octanol–water partition coefficient (Wildman–Crippen LogP) is 7.58. The van der Waals surface area contributed by atoms with Crippen LogP contribution in [-0.2, 0) is 12.8 Å². The quantitative estimate of drug-likeness (QED) is 0.386.